The van der Waals surface area contributed by atoms with Crippen molar-refractivity contribution < 1.29 is 19.1 Å². The molecule has 0 saturated carbocycles. The summed E-state index contributed by atoms with van der Waals surface area (Å²) in [7, 11) is 0. The molecule has 1 aromatic rings. The minimum atomic E-state index is -0.558. The highest BCUT2D eigenvalue weighted by atomic mass is 16.6. The third kappa shape index (κ3) is 4.18. The van der Waals surface area contributed by atoms with Gasteiger partial charge in [0.05, 0.1) is 6.42 Å². The van der Waals surface area contributed by atoms with Gasteiger partial charge in [-0.05, 0) is 32.9 Å². The second-order valence-electron chi connectivity index (χ2n) is 7.62. The van der Waals surface area contributed by atoms with Gasteiger partial charge in [0.15, 0.2) is 5.78 Å². The summed E-state index contributed by atoms with van der Waals surface area (Å²) in [5.41, 5.74) is -0.417. The number of piperidine rings is 1. The summed E-state index contributed by atoms with van der Waals surface area (Å²) in [6, 6.07) is 5.52. The van der Waals surface area contributed by atoms with Crippen molar-refractivity contribution in [3.05, 3.63) is 36.2 Å². The van der Waals surface area contributed by atoms with Crippen LogP contribution < -0.4 is 0 Å². The minimum Gasteiger partial charge on any atom is -0.484 e. The van der Waals surface area contributed by atoms with Gasteiger partial charge in [-0.3, -0.25) is 9.78 Å². The van der Waals surface area contributed by atoms with Crippen LogP contribution in [0.5, 0.6) is 0 Å². The summed E-state index contributed by atoms with van der Waals surface area (Å²) in [5, 5.41) is 0. The van der Waals surface area contributed by atoms with Crippen LogP contribution in [0, 0.1) is 0 Å². The molecule has 0 aliphatic carbocycles. The summed E-state index contributed by atoms with van der Waals surface area (Å²) in [6.07, 6.45) is 4.42. The van der Waals surface area contributed by atoms with E-state index in [1.165, 1.54) is 6.08 Å². The van der Waals surface area contributed by atoms with Crippen LogP contribution in [-0.4, -0.2) is 46.1 Å². The zero-order valence-electron chi connectivity index (χ0n) is 14.9. The number of carbonyl (C=O) groups is 2. The van der Waals surface area contributed by atoms with Gasteiger partial charge in [-0.2, -0.15) is 0 Å². The van der Waals surface area contributed by atoms with Crippen molar-refractivity contribution >= 4 is 17.6 Å². The van der Waals surface area contributed by atoms with Crippen LogP contribution in [-0.2, 0) is 14.3 Å². The average molecular weight is 344 g/mol. The van der Waals surface area contributed by atoms with Crippen molar-refractivity contribution in [2.24, 2.45) is 0 Å². The number of allylic oxidation sites excluding steroid dienone is 1. The number of likely N-dealkylation sites (tertiary alicyclic amines) is 1. The first-order valence-corrected chi connectivity index (χ1v) is 8.59. The van der Waals surface area contributed by atoms with Gasteiger partial charge in [0.2, 0.25) is 0 Å². The molecular formula is C19H24N2O4. The monoisotopic (exact) mass is 344 g/mol. The van der Waals surface area contributed by atoms with E-state index >= 15 is 0 Å². The highest BCUT2D eigenvalue weighted by Gasteiger charge is 2.43. The minimum absolute atomic E-state index is 0.0395. The van der Waals surface area contributed by atoms with Gasteiger partial charge in [0.1, 0.15) is 22.7 Å². The number of rotatable bonds is 1. The average Bonchev–Trinajstić information content (AvgIpc) is 2.54. The van der Waals surface area contributed by atoms with Gasteiger partial charge in [0, 0.05) is 38.2 Å². The van der Waals surface area contributed by atoms with Gasteiger partial charge in [-0.15, -0.1) is 0 Å². The molecule has 1 amide bonds. The fraction of sp³-hybridized carbons (Fsp3) is 0.526. The van der Waals surface area contributed by atoms with Crippen LogP contribution in [0.2, 0.25) is 0 Å². The molecule has 1 aromatic heterocycles. The fourth-order valence-electron chi connectivity index (χ4n) is 3.15. The highest BCUT2D eigenvalue weighted by Crippen LogP contribution is 2.38. The molecule has 2 aliphatic heterocycles. The maximum atomic E-state index is 12.2. The van der Waals surface area contributed by atoms with E-state index in [0.29, 0.717) is 43.8 Å². The van der Waals surface area contributed by atoms with E-state index in [1.54, 1.807) is 11.1 Å². The number of hydrogen-bond donors (Lipinski definition) is 0. The lowest BCUT2D eigenvalue weighted by atomic mass is 9.84. The SMILES string of the molecule is CC(C)(C)OC(=O)N1CCC2(CC1)CC(=O)C=C(c1ccccn1)O2. The molecule has 1 saturated heterocycles. The van der Waals surface area contributed by atoms with Crippen LogP contribution in [0.4, 0.5) is 4.79 Å². The molecule has 0 N–H and O–H groups in total. The summed E-state index contributed by atoms with van der Waals surface area (Å²) < 4.78 is 11.6. The topological polar surface area (TPSA) is 68.7 Å². The first kappa shape index (κ1) is 17.5. The summed E-state index contributed by atoms with van der Waals surface area (Å²) in [4.78, 5) is 30.4. The Hall–Kier alpha value is -2.37. The number of nitrogens with zero attached hydrogens (tertiary/aromatic N) is 2. The fourth-order valence-corrected chi connectivity index (χ4v) is 3.15. The highest BCUT2D eigenvalue weighted by molar-refractivity contribution is 5.97. The van der Waals surface area contributed by atoms with Gasteiger partial charge >= 0.3 is 6.09 Å². The van der Waals surface area contributed by atoms with E-state index in [-0.39, 0.29) is 11.9 Å². The first-order chi connectivity index (χ1) is 11.8. The standard InChI is InChI=1S/C19H24N2O4/c1-18(2,3)25-17(23)21-10-7-19(8-11-21)13-14(22)12-16(24-19)15-6-4-5-9-20-15/h4-6,9,12H,7-8,10-11,13H2,1-3H3. The lowest BCUT2D eigenvalue weighted by Gasteiger charge is -2.43. The third-order valence-electron chi connectivity index (χ3n) is 4.36. The molecule has 0 bridgehead atoms. The molecule has 6 heteroatoms. The normalized spacial score (nSPS) is 20.0. The number of amides is 1. The Morgan fingerprint density at radius 2 is 2.00 bits per heavy atom. The molecule has 25 heavy (non-hydrogen) atoms. The molecule has 0 atom stereocenters. The van der Waals surface area contributed by atoms with E-state index in [2.05, 4.69) is 4.98 Å². The van der Waals surface area contributed by atoms with Gasteiger partial charge in [-0.1, -0.05) is 6.07 Å². The number of aromatic nitrogens is 1. The number of hydrogen-bond acceptors (Lipinski definition) is 5. The predicted molar refractivity (Wildman–Crippen MR) is 92.7 cm³/mol. The van der Waals surface area contributed by atoms with Crippen molar-refractivity contribution in [1.82, 2.24) is 9.88 Å². The van der Waals surface area contributed by atoms with Crippen LogP contribution in [0.25, 0.3) is 5.76 Å². The molecule has 3 heterocycles. The van der Waals surface area contributed by atoms with E-state index in [4.69, 9.17) is 9.47 Å². The van der Waals surface area contributed by atoms with Crippen LogP contribution in [0.15, 0.2) is 30.5 Å². The third-order valence-corrected chi connectivity index (χ3v) is 4.36. The van der Waals surface area contributed by atoms with Crippen molar-refractivity contribution in [2.75, 3.05) is 13.1 Å². The van der Waals surface area contributed by atoms with E-state index in [0.717, 1.165) is 0 Å². The van der Waals surface area contributed by atoms with E-state index in [1.807, 2.05) is 39.0 Å². The summed E-state index contributed by atoms with van der Waals surface area (Å²) >= 11 is 0. The Kier molecular flexibility index (Phi) is 4.54. The first-order valence-electron chi connectivity index (χ1n) is 8.59. The van der Waals surface area contributed by atoms with Crippen molar-refractivity contribution in [2.45, 2.75) is 51.2 Å². The van der Waals surface area contributed by atoms with Crippen molar-refractivity contribution in [3.8, 4) is 0 Å². The van der Waals surface area contributed by atoms with E-state index < -0.39 is 11.2 Å². The largest absolute Gasteiger partial charge is 0.484 e. The Bertz CT molecular complexity index is 683. The quantitative estimate of drug-likeness (QED) is 0.783. The Morgan fingerprint density at radius 3 is 2.60 bits per heavy atom. The van der Waals surface area contributed by atoms with Crippen molar-refractivity contribution in [3.63, 3.8) is 0 Å². The lowest BCUT2D eigenvalue weighted by molar-refractivity contribution is -0.123. The Labute approximate surface area is 147 Å². The van der Waals surface area contributed by atoms with Crippen LogP contribution >= 0.6 is 0 Å². The molecule has 134 valence electrons. The number of ketones is 1. The van der Waals surface area contributed by atoms with Gasteiger partial charge in [0.25, 0.3) is 0 Å². The summed E-state index contributed by atoms with van der Waals surface area (Å²) in [5.74, 6) is 0.556. The molecule has 0 aromatic carbocycles. The molecule has 0 radical (unpaired) electrons. The molecule has 0 unspecified atom stereocenters. The summed E-state index contributed by atoms with van der Waals surface area (Å²) in [6.45, 7) is 6.57. The zero-order valence-corrected chi connectivity index (χ0v) is 14.9. The van der Waals surface area contributed by atoms with Crippen molar-refractivity contribution in [1.29, 1.82) is 0 Å². The molecule has 2 aliphatic rings. The molecule has 1 fully saturated rings. The maximum absolute atomic E-state index is 12.2. The van der Waals surface area contributed by atoms with E-state index in [9.17, 15) is 9.59 Å². The van der Waals surface area contributed by atoms with Crippen LogP contribution in [0.1, 0.15) is 45.7 Å². The molecular weight excluding hydrogens is 320 g/mol. The maximum Gasteiger partial charge on any atom is 0.410 e. The molecule has 1 spiro atoms. The Morgan fingerprint density at radius 1 is 1.28 bits per heavy atom. The Balaban J connectivity index is 1.68. The number of carbonyl (C=O) groups excluding carboxylic acids is 2. The molecule has 3 rings (SSSR count). The zero-order chi connectivity index (χ0) is 18.1. The number of pyridine rings is 1. The van der Waals surface area contributed by atoms with Crippen LogP contribution in [0.3, 0.4) is 0 Å². The molecule has 6 nitrogen and oxygen atoms in total. The smallest absolute Gasteiger partial charge is 0.410 e. The lowest BCUT2D eigenvalue weighted by Crippen LogP contribution is -2.50. The number of ether oxygens (including phenoxy) is 2. The second-order valence-corrected chi connectivity index (χ2v) is 7.62. The predicted octanol–water partition coefficient (Wildman–Crippen LogP) is 3.18. The second kappa shape index (κ2) is 6.50. The van der Waals surface area contributed by atoms with Gasteiger partial charge < -0.3 is 14.4 Å². The van der Waals surface area contributed by atoms with Gasteiger partial charge in [-0.25, -0.2) is 4.79 Å².